The molecule has 1 rings (SSSR count). The minimum absolute atomic E-state index is 0.0842. The summed E-state index contributed by atoms with van der Waals surface area (Å²) in [5, 5.41) is 3.15. The molecule has 1 N–H and O–H groups in total. The van der Waals surface area contributed by atoms with E-state index in [4.69, 9.17) is 0 Å². The fraction of sp³-hybridized carbons (Fsp3) is 0.417. The standard InChI is InChI=1S/C12H18N2O/c1-4-10-7-5-6-8-11(10)13-9-12(15)14(2)3/h5-8,13H,4,9H2,1-3H3. The molecule has 0 spiro atoms. The van der Waals surface area contributed by atoms with Crippen molar-refractivity contribution in [1.82, 2.24) is 4.90 Å². The van der Waals surface area contributed by atoms with Crippen LogP contribution in [0.3, 0.4) is 0 Å². The van der Waals surface area contributed by atoms with Crippen molar-refractivity contribution in [3.05, 3.63) is 29.8 Å². The van der Waals surface area contributed by atoms with Crippen molar-refractivity contribution in [2.24, 2.45) is 0 Å². The minimum atomic E-state index is 0.0842. The Balaban J connectivity index is 2.61. The van der Waals surface area contributed by atoms with E-state index in [0.717, 1.165) is 12.1 Å². The Morgan fingerprint density at radius 3 is 2.60 bits per heavy atom. The predicted molar refractivity (Wildman–Crippen MR) is 63.0 cm³/mol. The van der Waals surface area contributed by atoms with Gasteiger partial charge in [-0.25, -0.2) is 0 Å². The number of likely N-dealkylation sites (N-methyl/N-ethyl adjacent to an activating group) is 1. The summed E-state index contributed by atoms with van der Waals surface area (Å²) in [7, 11) is 3.52. The molecular weight excluding hydrogens is 188 g/mol. The zero-order valence-corrected chi connectivity index (χ0v) is 9.58. The Labute approximate surface area is 91.1 Å². The number of amides is 1. The molecule has 1 aromatic rings. The van der Waals surface area contributed by atoms with Gasteiger partial charge in [-0.1, -0.05) is 25.1 Å². The molecular formula is C12H18N2O. The van der Waals surface area contributed by atoms with Crippen molar-refractivity contribution in [1.29, 1.82) is 0 Å². The number of rotatable bonds is 4. The lowest BCUT2D eigenvalue weighted by Gasteiger charge is -2.13. The highest BCUT2D eigenvalue weighted by Crippen LogP contribution is 2.14. The lowest BCUT2D eigenvalue weighted by molar-refractivity contribution is -0.126. The number of para-hydroxylation sites is 1. The highest BCUT2D eigenvalue weighted by molar-refractivity contribution is 5.80. The Morgan fingerprint density at radius 1 is 1.33 bits per heavy atom. The number of benzene rings is 1. The van der Waals surface area contributed by atoms with Crippen LogP contribution in [0.2, 0.25) is 0 Å². The molecule has 0 fully saturated rings. The van der Waals surface area contributed by atoms with Gasteiger partial charge in [0, 0.05) is 19.8 Å². The summed E-state index contributed by atoms with van der Waals surface area (Å²) in [5.74, 6) is 0.0842. The molecule has 0 aliphatic rings. The Bertz CT molecular complexity index is 334. The Hall–Kier alpha value is -1.51. The molecule has 0 aliphatic carbocycles. The number of carbonyl (C=O) groups is 1. The van der Waals surface area contributed by atoms with E-state index >= 15 is 0 Å². The van der Waals surface area contributed by atoms with E-state index in [9.17, 15) is 4.79 Å². The maximum Gasteiger partial charge on any atom is 0.241 e. The maximum absolute atomic E-state index is 11.4. The first-order valence-electron chi connectivity index (χ1n) is 5.17. The number of hydrogen-bond donors (Lipinski definition) is 1. The van der Waals surface area contributed by atoms with Gasteiger partial charge in [-0.3, -0.25) is 4.79 Å². The summed E-state index contributed by atoms with van der Waals surface area (Å²) in [6.07, 6.45) is 0.972. The van der Waals surface area contributed by atoms with Gasteiger partial charge in [0.05, 0.1) is 6.54 Å². The van der Waals surface area contributed by atoms with Crippen LogP contribution in [0.25, 0.3) is 0 Å². The van der Waals surface area contributed by atoms with Crippen LogP contribution < -0.4 is 5.32 Å². The molecule has 0 saturated carbocycles. The Kier molecular flexibility index (Phi) is 4.16. The molecule has 15 heavy (non-hydrogen) atoms. The lowest BCUT2D eigenvalue weighted by Crippen LogP contribution is -2.28. The summed E-state index contributed by atoms with van der Waals surface area (Å²) in [5.41, 5.74) is 2.29. The number of nitrogens with one attached hydrogen (secondary N) is 1. The molecule has 0 radical (unpaired) electrons. The van der Waals surface area contributed by atoms with Crippen LogP contribution >= 0.6 is 0 Å². The Morgan fingerprint density at radius 2 is 2.00 bits per heavy atom. The third-order valence-corrected chi connectivity index (χ3v) is 2.33. The summed E-state index contributed by atoms with van der Waals surface area (Å²) >= 11 is 0. The third-order valence-electron chi connectivity index (χ3n) is 2.33. The van der Waals surface area contributed by atoms with Crippen molar-refractivity contribution in [3.8, 4) is 0 Å². The van der Waals surface area contributed by atoms with Gasteiger partial charge >= 0.3 is 0 Å². The second-order valence-electron chi connectivity index (χ2n) is 3.65. The van der Waals surface area contributed by atoms with Gasteiger partial charge in [0.2, 0.25) is 5.91 Å². The number of carbonyl (C=O) groups excluding carboxylic acids is 1. The second-order valence-corrected chi connectivity index (χ2v) is 3.65. The van der Waals surface area contributed by atoms with Gasteiger partial charge in [-0.15, -0.1) is 0 Å². The van der Waals surface area contributed by atoms with Crippen LogP contribution in [0.5, 0.6) is 0 Å². The average Bonchev–Trinajstić information content (AvgIpc) is 2.26. The average molecular weight is 206 g/mol. The lowest BCUT2D eigenvalue weighted by atomic mass is 10.1. The van der Waals surface area contributed by atoms with Crippen LogP contribution in [0, 0.1) is 0 Å². The molecule has 0 unspecified atom stereocenters. The van der Waals surface area contributed by atoms with E-state index in [1.165, 1.54) is 5.56 Å². The SMILES string of the molecule is CCc1ccccc1NCC(=O)N(C)C. The highest BCUT2D eigenvalue weighted by Gasteiger charge is 2.04. The number of anilines is 1. The van der Waals surface area contributed by atoms with E-state index in [0.29, 0.717) is 6.54 Å². The molecule has 0 aromatic heterocycles. The largest absolute Gasteiger partial charge is 0.376 e. The molecule has 0 aliphatic heterocycles. The minimum Gasteiger partial charge on any atom is -0.376 e. The normalized spacial score (nSPS) is 9.80. The molecule has 3 nitrogen and oxygen atoms in total. The van der Waals surface area contributed by atoms with Crippen molar-refractivity contribution in [2.45, 2.75) is 13.3 Å². The molecule has 3 heteroatoms. The van der Waals surface area contributed by atoms with Crippen LogP contribution in [0.4, 0.5) is 5.69 Å². The van der Waals surface area contributed by atoms with Crippen LogP contribution in [0.15, 0.2) is 24.3 Å². The monoisotopic (exact) mass is 206 g/mol. The predicted octanol–water partition coefficient (Wildman–Crippen LogP) is 1.75. The van der Waals surface area contributed by atoms with E-state index in [-0.39, 0.29) is 5.91 Å². The fourth-order valence-corrected chi connectivity index (χ4v) is 1.33. The first-order chi connectivity index (χ1) is 7.15. The van der Waals surface area contributed by atoms with E-state index in [1.807, 2.05) is 18.2 Å². The van der Waals surface area contributed by atoms with Gasteiger partial charge in [-0.05, 0) is 18.1 Å². The molecule has 1 aromatic carbocycles. The fourth-order valence-electron chi connectivity index (χ4n) is 1.33. The second kappa shape index (κ2) is 5.39. The van der Waals surface area contributed by atoms with Gasteiger partial charge in [0.1, 0.15) is 0 Å². The zero-order chi connectivity index (χ0) is 11.3. The summed E-state index contributed by atoms with van der Waals surface area (Å²) in [6.45, 7) is 2.46. The molecule has 0 atom stereocenters. The first-order valence-corrected chi connectivity index (χ1v) is 5.17. The highest BCUT2D eigenvalue weighted by atomic mass is 16.2. The van der Waals surface area contributed by atoms with Gasteiger partial charge in [0.15, 0.2) is 0 Å². The first kappa shape index (κ1) is 11.6. The van der Waals surface area contributed by atoms with Crippen molar-refractivity contribution < 1.29 is 4.79 Å². The van der Waals surface area contributed by atoms with E-state index < -0.39 is 0 Å². The smallest absolute Gasteiger partial charge is 0.241 e. The van der Waals surface area contributed by atoms with Crippen LogP contribution in [-0.2, 0) is 11.2 Å². The van der Waals surface area contributed by atoms with Gasteiger partial charge < -0.3 is 10.2 Å². The number of hydrogen-bond acceptors (Lipinski definition) is 2. The molecule has 82 valence electrons. The van der Waals surface area contributed by atoms with Crippen LogP contribution in [0.1, 0.15) is 12.5 Å². The number of aryl methyl sites for hydroxylation is 1. The van der Waals surface area contributed by atoms with Crippen molar-refractivity contribution in [2.75, 3.05) is 26.0 Å². The summed E-state index contributed by atoms with van der Waals surface area (Å²) in [4.78, 5) is 13.0. The summed E-state index contributed by atoms with van der Waals surface area (Å²) < 4.78 is 0. The van der Waals surface area contributed by atoms with Crippen LogP contribution in [-0.4, -0.2) is 31.4 Å². The van der Waals surface area contributed by atoms with E-state index in [1.54, 1.807) is 19.0 Å². The van der Waals surface area contributed by atoms with E-state index in [2.05, 4.69) is 18.3 Å². The third kappa shape index (κ3) is 3.27. The maximum atomic E-state index is 11.4. The van der Waals surface area contributed by atoms with Crippen molar-refractivity contribution >= 4 is 11.6 Å². The van der Waals surface area contributed by atoms with Gasteiger partial charge in [0.25, 0.3) is 0 Å². The molecule has 1 amide bonds. The topological polar surface area (TPSA) is 32.3 Å². The molecule has 0 bridgehead atoms. The quantitative estimate of drug-likeness (QED) is 0.814. The van der Waals surface area contributed by atoms with Crippen molar-refractivity contribution in [3.63, 3.8) is 0 Å². The molecule has 0 saturated heterocycles. The molecule has 0 heterocycles. The zero-order valence-electron chi connectivity index (χ0n) is 9.58. The van der Waals surface area contributed by atoms with Gasteiger partial charge in [-0.2, -0.15) is 0 Å². The number of nitrogens with zero attached hydrogens (tertiary/aromatic N) is 1. The summed E-state index contributed by atoms with van der Waals surface area (Å²) in [6, 6.07) is 8.06.